The molecule has 0 aromatic rings. The number of allylic oxidation sites excluding steroid dienone is 1. The van der Waals surface area contributed by atoms with E-state index in [9.17, 15) is 10.4 Å². The molecule has 3 saturated heterocycles. The zero-order chi connectivity index (χ0) is 20.6. The Hall–Kier alpha value is -1.80. The van der Waals surface area contributed by atoms with Gasteiger partial charge in [0.15, 0.2) is 0 Å². The van der Waals surface area contributed by atoms with Crippen LogP contribution in [0.5, 0.6) is 0 Å². The summed E-state index contributed by atoms with van der Waals surface area (Å²) in [6.07, 6.45) is 6.92. The molecule has 1 N–H and O–H groups in total. The van der Waals surface area contributed by atoms with E-state index in [-0.39, 0.29) is 12.3 Å². The van der Waals surface area contributed by atoms with Gasteiger partial charge in [-0.05, 0) is 58.5 Å². The van der Waals surface area contributed by atoms with Crippen LogP contribution < -0.4 is 0 Å². The van der Waals surface area contributed by atoms with Gasteiger partial charge >= 0.3 is 5.70 Å². The smallest absolute Gasteiger partial charge is 0.300 e. The summed E-state index contributed by atoms with van der Waals surface area (Å²) in [5.41, 5.74) is 0.228. The minimum Gasteiger partial charge on any atom is -0.395 e. The number of nitriles is 1. The van der Waals surface area contributed by atoms with Crippen LogP contribution in [0.2, 0.25) is 0 Å². The molecule has 0 radical (unpaired) electrons. The Bertz CT molecular complexity index is 635. The average Bonchev–Trinajstić information content (AvgIpc) is 3.45. The Morgan fingerprint density at radius 2 is 1.66 bits per heavy atom. The van der Waals surface area contributed by atoms with E-state index in [1.165, 1.54) is 25.8 Å². The van der Waals surface area contributed by atoms with Crippen molar-refractivity contribution in [2.45, 2.75) is 57.5 Å². The van der Waals surface area contributed by atoms with Crippen molar-refractivity contribution < 1.29 is 5.11 Å². The second-order valence-electron chi connectivity index (χ2n) is 8.62. The van der Waals surface area contributed by atoms with Crippen LogP contribution in [0.3, 0.4) is 0 Å². The van der Waals surface area contributed by atoms with Crippen molar-refractivity contribution in [2.24, 2.45) is 0 Å². The lowest BCUT2D eigenvalue weighted by Crippen LogP contribution is -2.35. The first-order chi connectivity index (χ1) is 14.2. The summed E-state index contributed by atoms with van der Waals surface area (Å²) in [5.74, 6) is 0.845. The van der Waals surface area contributed by atoms with Crippen LogP contribution >= 0.6 is 0 Å². The predicted molar refractivity (Wildman–Crippen MR) is 114 cm³/mol. The van der Waals surface area contributed by atoms with Gasteiger partial charge in [0.2, 0.25) is 0 Å². The van der Waals surface area contributed by atoms with Gasteiger partial charge in [-0.2, -0.15) is 0 Å². The quantitative estimate of drug-likeness (QED) is 0.471. The SMILES string of the molecule is [C-]#[N+]/C(C#N)=C1\N(CCCN2CCCC2C)CCN1CCCN1CCC[C@@H]1CO. The fourth-order valence-corrected chi connectivity index (χ4v) is 5.16. The number of aliphatic hydroxyl groups is 1. The molecular formula is C22H36N6O. The van der Waals surface area contributed by atoms with E-state index in [4.69, 9.17) is 6.57 Å². The van der Waals surface area contributed by atoms with Crippen molar-refractivity contribution in [3.05, 3.63) is 22.9 Å². The maximum Gasteiger partial charge on any atom is 0.300 e. The number of aliphatic hydroxyl groups excluding tert-OH is 1. The molecule has 2 atom stereocenters. The predicted octanol–water partition coefficient (Wildman–Crippen LogP) is 1.94. The van der Waals surface area contributed by atoms with Crippen molar-refractivity contribution in [3.8, 4) is 6.07 Å². The lowest BCUT2D eigenvalue weighted by Gasteiger charge is -2.28. The van der Waals surface area contributed by atoms with Crippen LogP contribution in [-0.4, -0.2) is 95.8 Å². The van der Waals surface area contributed by atoms with Crippen LogP contribution in [0.4, 0.5) is 0 Å². The second kappa shape index (κ2) is 10.8. The lowest BCUT2D eigenvalue weighted by molar-refractivity contribution is 0.154. The summed E-state index contributed by atoms with van der Waals surface area (Å²) in [6, 6.07) is 3.13. The number of rotatable bonds is 9. The molecule has 0 aliphatic carbocycles. The van der Waals surface area contributed by atoms with Crippen molar-refractivity contribution in [1.29, 1.82) is 5.26 Å². The third kappa shape index (κ3) is 5.42. The van der Waals surface area contributed by atoms with Crippen molar-refractivity contribution in [3.63, 3.8) is 0 Å². The molecule has 3 fully saturated rings. The third-order valence-corrected chi connectivity index (χ3v) is 6.82. The van der Waals surface area contributed by atoms with Gasteiger partial charge in [0, 0.05) is 51.4 Å². The Labute approximate surface area is 176 Å². The molecule has 29 heavy (non-hydrogen) atoms. The summed E-state index contributed by atoms with van der Waals surface area (Å²) in [7, 11) is 0. The number of likely N-dealkylation sites (tertiary alicyclic amines) is 2. The average molecular weight is 401 g/mol. The van der Waals surface area contributed by atoms with Crippen molar-refractivity contribution >= 4 is 0 Å². The topological polar surface area (TPSA) is 61.3 Å². The first-order valence-electron chi connectivity index (χ1n) is 11.3. The molecule has 0 bridgehead atoms. The second-order valence-corrected chi connectivity index (χ2v) is 8.62. The number of hydrogen-bond acceptors (Lipinski definition) is 6. The molecule has 7 heteroatoms. The number of hydrogen-bond donors (Lipinski definition) is 1. The van der Waals surface area contributed by atoms with Crippen molar-refractivity contribution in [1.82, 2.24) is 19.6 Å². The van der Waals surface area contributed by atoms with Gasteiger partial charge in [-0.1, -0.05) is 0 Å². The molecule has 3 aliphatic rings. The van der Waals surface area contributed by atoms with Crippen LogP contribution in [0, 0.1) is 17.9 Å². The highest BCUT2D eigenvalue weighted by molar-refractivity contribution is 5.33. The monoisotopic (exact) mass is 400 g/mol. The molecule has 0 saturated carbocycles. The largest absolute Gasteiger partial charge is 0.395 e. The molecule has 3 heterocycles. The Kier molecular flexibility index (Phi) is 8.18. The third-order valence-electron chi connectivity index (χ3n) is 6.82. The van der Waals surface area contributed by atoms with E-state index >= 15 is 0 Å². The van der Waals surface area contributed by atoms with Crippen LogP contribution in [0.15, 0.2) is 11.5 Å². The van der Waals surface area contributed by atoms with E-state index < -0.39 is 0 Å². The van der Waals surface area contributed by atoms with E-state index in [0.29, 0.717) is 12.1 Å². The minimum absolute atomic E-state index is 0.228. The molecule has 160 valence electrons. The first kappa shape index (κ1) is 21.9. The molecular weight excluding hydrogens is 364 g/mol. The first-order valence-corrected chi connectivity index (χ1v) is 11.3. The summed E-state index contributed by atoms with van der Waals surface area (Å²) in [5, 5.41) is 19.0. The summed E-state index contributed by atoms with van der Waals surface area (Å²) in [6.45, 7) is 17.9. The Balaban J connectivity index is 1.53. The van der Waals surface area contributed by atoms with Crippen LogP contribution in [0.25, 0.3) is 4.85 Å². The fraction of sp³-hybridized carbons (Fsp3) is 0.818. The lowest BCUT2D eigenvalue weighted by atomic mass is 10.2. The van der Waals surface area contributed by atoms with Gasteiger partial charge in [0.05, 0.1) is 19.2 Å². The molecule has 0 aromatic heterocycles. The molecule has 0 aromatic carbocycles. The van der Waals surface area contributed by atoms with Gasteiger partial charge < -0.3 is 19.8 Å². The van der Waals surface area contributed by atoms with Crippen molar-refractivity contribution in [2.75, 3.05) is 59.0 Å². The fourth-order valence-electron chi connectivity index (χ4n) is 5.16. The maximum absolute atomic E-state index is 9.50. The van der Waals surface area contributed by atoms with Gasteiger partial charge in [0.1, 0.15) is 5.82 Å². The number of nitrogens with zero attached hydrogens (tertiary/aromatic N) is 6. The van der Waals surface area contributed by atoms with Gasteiger partial charge in [-0.15, -0.1) is 0 Å². The highest BCUT2D eigenvalue weighted by Crippen LogP contribution is 2.25. The zero-order valence-corrected chi connectivity index (χ0v) is 17.9. The molecule has 1 unspecified atom stereocenters. The molecule has 0 amide bonds. The van der Waals surface area contributed by atoms with E-state index in [1.807, 2.05) is 0 Å². The highest BCUT2D eigenvalue weighted by Gasteiger charge is 2.29. The van der Waals surface area contributed by atoms with Crippen LogP contribution in [0.1, 0.15) is 45.4 Å². The minimum atomic E-state index is 0.228. The summed E-state index contributed by atoms with van der Waals surface area (Å²) < 4.78 is 0. The van der Waals surface area contributed by atoms with E-state index in [0.717, 1.165) is 70.9 Å². The molecule has 7 nitrogen and oxygen atoms in total. The molecule has 3 aliphatic heterocycles. The standard InChI is InChI=1S/C22H36N6O/c1-19-7-3-9-25(19)11-5-13-27-15-16-28(22(27)21(17-23)24-2)14-6-12-26-10-4-8-20(26)18-29/h19-20,29H,3-16,18H2,1H3/b22-21+/t19?,20-/m1/s1. The Morgan fingerprint density at radius 3 is 2.21 bits per heavy atom. The molecule has 3 rings (SSSR count). The van der Waals surface area contributed by atoms with Gasteiger partial charge in [-0.25, -0.2) is 10.1 Å². The van der Waals surface area contributed by atoms with E-state index in [2.05, 4.69) is 37.4 Å². The summed E-state index contributed by atoms with van der Waals surface area (Å²) >= 11 is 0. The van der Waals surface area contributed by atoms with Crippen LogP contribution in [-0.2, 0) is 0 Å². The van der Waals surface area contributed by atoms with Gasteiger partial charge in [0.25, 0.3) is 0 Å². The Morgan fingerprint density at radius 1 is 1.03 bits per heavy atom. The molecule has 0 spiro atoms. The maximum atomic E-state index is 9.50. The highest BCUT2D eigenvalue weighted by atomic mass is 16.3. The van der Waals surface area contributed by atoms with Gasteiger partial charge in [-0.3, -0.25) is 4.90 Å². The zero-order valence-electron chi connectivity index (χ0n) is 17.9. The normalized spacial score (nSPS) is 27.4. The summed E-state index contributed by atoms with van der Waals surface area (Å²) in [4.78, 5) is 13.0. The van der Waals surface area contributed by atoms with E-state index in [1.54, 1.807) is 0 Å².